The molecule has 18 heavy (non-hydrogen) atoms. The summed E-state index contributed by atoms with van der Waals surface area (Å²) in [5.74, 6) is 0.222. The van der Waals surface area contributed by atoms with Crippen molar-refractivity contribution in [2.24, 2.45) is 5.92 Å². The van der Waals surface area contributed by atoms with Gasteiger partial charge in [0.25, 0.3) is 0 Å². The van der Waals surface area contributed by atoms with E-state index >= 15 is 0 Å². The predicted octanol–water partition coefficient (Wildman–Crippen LogP) is 1.60. The van der Waals surface area contributed by atoms with E-state index in [0.717, 1.165) is 19.3 Å². The summed E-state index contributed by atoms with van der Waals surface area (Å²) in [7, 11) is 1.37. The van der Waals surface area contributed by atoms with Crippen molar-refractivity contribution < 1.29 is 19.1 Å². The van der Waals surface area contributed by atoms with Crippen molar-refractivity contribution in [2.45, 2.75) is 44.8 Å². The van der Waals surface area contributed by atoms with Gasteiger partial charge in [0.1, 0.15) is 5.78 Å². The van der Waals surface area contributed by atoms with Crippen molar-refractivity contribution in [3.63, 3.8) is 0 Å². The second-order valence-corrected chi connectivity index (χ2v) is 4.98. The van der Waals surface area contributed by atoms with Crippen LogP contribution in [0.25, 0.3) is 0 Å². The van der Waals surface area contributed by atoms with Gasteiger partial charge in [-0.05, 0) is 12.8 Å². The number of carbonyl (C=O) groups is 2. The Hall–Kier alpha value is -1.10. The van der Waals surface area contributed by atoms with Crippen molar-refractivity contribution in [1.29, 1.82) is 0 Å². The van der Waals surface area contributed by atoms with Crippen LogP contribution in [-0.4, -0.2) is 49.2 Å². The lowest BCUT2D eigenvalue weighted by Gasteiger charge is -2.51. The molecule has 2 fully saturated rings. The number of nitrogens with zero attached hydrogens (tertiary/aromatic N) is 1. The third-order valence-corrected chi connectivity index (χ3v) is 3.89. The molecule has 1 aliphatic carbocycles. The van der Waals surface area contributed by atoms with Crippen LogP contribution < -0.4 is 0 Å². The number of piperidine rings is 1. The van der Waals surface area contributed by atoms with E-state index in [1.165, 1.54) is 7.11 Å². The van der Waals surface area contributed by atoms with Crippen LogP contribution in [0.3, 0.4) is 0 Å². The molecule has 5 heteroatoms. The van der Waals surface area contributed by atoms with Crippen LogP contribution in [0, 0.1) is 5.92 Å². The van der Waals surface area contributed by atoms with E-state index in [4.69, 9.17) is 9.47 Å². The molecular weight excluding hydrogens is 234 g/mol. The van der Waals surface area contributed by atoms with Crippen LogP contribution in [-0.2, 0) is 14.3 Å². The van der Waals surface area contributed by atoms with Gasteiger partial charge in [0.05, 0.1) is 19.3 Å². The minimum absolute atomic E-state index is 0.00454. The molecule has 1 saturated heterocycles. The second-order valence-electron chi connectivity index (χ2n) is 4.98. The summed E-state index contributed by atoms with van der Waals surface area (Å²) in [4.78, 5) is 25.1. The first-order valence-corrected chi connectivity index (χ1v) is 6.68. The highest BCUT2D eigenvalue weighted by Gasteiger charge is 2.53. The Kier molecular flexibility index (Phi) is 4.22. The van der Waals surface area contributed by atoms with Crippen LogP contribution in [0.1, 0.15) is 32.6 Å². The lowest BCUT2D eigenvalue weighted by Crippen LogP contribution is -2.65. The van der Waals surface area contributed by atoms with Gasteiger partial charge >= 0.3 is 6.09 Å². The Morgan fingerprint density at radius 3 is 2.94 bits per heavy atom. The van der Waals surface area contributed by atoms with Gasteiger partial charge in [0.2, 0.25) is 0 Å². The number of carbonyl (C=O) groups excluding carboxylic acids is 2. The van der Waals surface area contributed by atoms with E-state index in [1.807, 2.05) is 0 Å². The highest BCUT2D eigenvalue weighted by atomic mass is 16.5. The van der Waals surface area contributed by atoms with E-state index in [2.05, 4.69) is 6.92 Å². The van der Waals surface area contributed by atoms with Crippen LogP contribution in [0.2, 0.25) is 0 Å². The van der Waals surface area contributed by atoms with Crippen molar-refractivity contribution in [1.82, 2.24) is 4.90 Å². The minimum Gasteiger partial charge on any atom is -0.453 e. The predicted molar refractivity (Wildman–Crippen MR) is 65.3 cm³/mol. The maximum Gasteiger partial charge on any atom is 0.409 e. The molecule has 0 N–H and O–H groups in total. The number of hydrogen-bond donors (Lipinski definition) is 0. The molecule has 3 atom stereocenters. The Morgan fingerprint density at radius 2 is 2.28 bits per heavy atom. The SMILES string of the molecule is CCCCO[C@@H]1C[C@H]2C(=O)CCN(C(=O)OC)[C@@H]12. The highest BCUT2D eigenvalue weighted by molar-refractivity contribution is 5.86. The van der Waals surface area contributed by atoms with Gasteiger partial charge in [-0.3, -0.25) is 4.79 Å². The van der Waals surface area contributed by atoms with Gasteiger partial charge in [-0.2, -0.15) is 0 Å². The van der Waals surface area contributed by atoms with Gasteiger partial charge in [-0.1, -0.05) is 13.3 Å². The quantitative estimate of drug-likeness (QED) is 0.716. The van der Waals surface area contributed by atoms with Crippen LogP contribution in [0.4, 0.5) is 4.79 Å². The van der Waals surface area contributed by atoms with E-state index in [1.54, 1.807) is 4.90 Å². The van der Waals surface area contributed by atoms with E-state index in [9.17, 15) is 9.59 Å². The van der Waals surface area contributed by atoms with Gasteiger partial charge in [0, 0.05) is 25.5 Å². The molecule has 1 aliphatic heterocycles. The Bertz CT molecular complexity index is 331. The zero-order valence-electron chi connectivity index (χ0n) is 11.1. The molecule has 0 spiro atoms. The molecule has 0 radical (unpaired) electrons. The van der Waals surface area contributed by atoms with E-state index < -0.39 is 0 Å². The number of ether oxygens (including phenoxy) is 2. The van der Waals surface area contributed by atoms with E-state index in [0.29, 0.717) is 19.6 Å². The molecule has 0 aromatic rings. The zero-order chi connectivity index (χ0) is 13.1. The molecule has 0 aromatic heterocycles. The molecule has 2 rings (SSSR count). The van der Waals surface area contributed by atoms with Gasteiger partial charge in [-0.15, -0.1) is 0 Å². The lowest BCUT2D eigenvalue weighted by atomic mass is 9.70. The minimum atomic E-state index is -0.346. The number of fused-ring (bicyclic) bond motifs is 1. The second kappa shape index (κ2) is 5.69. The normalized spacial score (nSPS) is 30.7. The number of ketones is 1. The monoisotopic (exact) mass is 255 g/mol. The van der Waals surface area contributed by atoms with Crippen LogP contribution >= 0.6 is 0 Å². The summed E-state index contributed by atoms with van der Waals surface area (Å²) in [5, 5.41) is 0. The van der Waals surface area contributed by atoms with Crippen molar-refractivity contribution in [2.75, 3.05) is 20.3 Å². The maximum atomic E-state index is 11.8. The van der Waals surface area contributed by atoms with Crippen molar-refractivity contribution >= 4 is 11.9 Å². The summed E-state index contributed by atoms with van der Waals surface area (Å²) < 4.78 is 10.5. The number of unbranched alkanes of at least 4 members (excludes halogenated alkanes) is 1. The van der Waals surface area contributed by atoms with Crippen LogP contribution in [0.5, 0.6) is 0 Å². The fourth-order valence-corrected chi connectivity index (χ4v) is 2.77. The average molecular weight is 255 g/mol. The third-order valence-electron chi connectivity index (χ3n) is 3.89. The molecule has 0 unspecified atom stereocenters. The van der Waals surface area contributed by atoms with Crippen molar-refractivity contribution in [3.8, 4) is 0 Å². The number of methoxy groups -OCH3 is 1. The summed E-state index contributed by atoms with van der Waals surface area (Å²) in [6.07, 6.45) is 2.95. The standard InChI is InChI=1S/C13H21NO4/c1-3-4-7-18-11-8-9-10(15)5-6-14(12(9)11)13(16)17-2/h9,11-12H,3-8H2,1-2H3/t9-,11+,12+/m0/s1. The smallest absolute Gasteiger partial charge is 0.409 e. The molecule has 0 aromatic carbocycles. The summed E-state index contributed by atoms with van der Waals surface area (Å²) in [6.45, 7) is 3.27. The molecule has 0 bridgehead atoms. The first-order valence-electron chi connectivity index (χ1n) is 6.68. The number of rotatable bonds is 4. The average Bonchev–Trinajstić information content (AvgIpc) is 2.35. The van der Waals surface area contributed by atoms with Crippen molar-refractivity contribution in [3.05, 3.63) is 0 Å². The molecule has 5 nitrogen and oxygen atoms in total. The third kappa shape index (κ3) is 2.36. The van der Waals surface area contributed by atoms with Gasteiger partial charge < -0.3 is 14.4 Å². The first kappa shape index (κ1) is 13.3. The van der Waals surface area contributed by atoms with Crippen LogP contribution in [0.15, 0.2) is 0 Å². The summed E-state index contributed by atoms with van der Waals surface area (Å²) in [5.41, 5.74) is 0. The fraction of sp³-hybridized carbons (Fsp3) is 0.846. The topological polar surface area (TPSA) is 55.8 Å². The number of hydrogen-bond acceptors (Lipinski definition) is 4. The maximum absolute atomic E-state index is 11.8. The largest absolute Gasteiger partial charge is 0.453 e. The first-order chi connectivity index (χ1) is 8.69. The molecule has 1 amide bonds. The fourth-order valence-electron chi connectivity index (χ4n) is 2.77. The van der Waals surface area contributed by atoms with Gasteiger partial charge in [-0.25, -0.2) is 4.79 Å². The number of Topliss-reactive ketones (excluding diaryl/α,β-unsaturated/α-hetero) is 1. The molecule has 1 heterocycles. The number of likely N-dealkylation sites (tertiary alicyclic amines) is 1. The Labute approximate surface area is 107 Å². The summed E-state index contributed by atoms with van der Waals surface area (Å²) >= 11 is 0. The Balaban J connectivity index is 1.96. The molecule has 1 saturated carbocycles. The zero-order valence-corrected chi connectivity index (χ0v) is 11.1. The molecule has 102 valence electrons. The Morgan fingerprint density at radius 1 is 1.50 bits per heavy atom. The highest BCUT2D eigenvalue weighted by Crippen LogP contribution is 2.39. The molecular formula is C13H21NO4. The van der Waals surface area contributed by atoms with E-state index in [-0.39, 0.29) is 29.9 Å². The lowest BCUT2D eigenvalue weighted by molar-refractivity contribution is -0.153. The summed E-state index contributed by atoms with van der Waals surface area (Å²) in [6, 6.07) is -0.101. The van der Waals surface area contributed by atoms with Gasteiger partial charge in [0.15, 0.2) is 0 Å². The molecule has 2 aliphatic rings. The number of amides is 1.